The highest BCUT2D eigenvalue weighted by Crippen LogP contribution is 2.39. The van der Waals surface area contributed by atoms with Gasteiger partial charge in [0.1, 0.15) is 22.8 Å². The zero-order valence-corrected chi connectivity index (χ0v) is 12.7. The van der Waals surface area contributed by atoms with Crippen molar-refractivity contribution in [2.75, 3.05) is 0 Å². The molecule has 0 atom stereocenters. The second-order valence-electron chi connectivity index (χ2n) is 5.12. The summed E-state index contributed by atoms with van der Waals surface area (Å²) in [6.07, 6.45) is -4.66. The summed E-state index contributed by atoms with van der Waals surface area (Å²) < 4.78 is 43.6. The molecule has 0 radical (unpaired) electrons. The zero-order chi connectivity index (χ0) is 16.5. The van der Waals surface area contributed by atoms with Crippen molar-refractivity contribution < 1.29 is 23.0 Å². The number of rotatable bonds is 3. The molecule has 1 N–H and O–H groups in total. The van der Waals surface area contributed by atoms with Gasteiger partial charge in [-0.3, -0.25) is 0 Å². The summed E-state index contributed by atoms with van der Waals surface area (Å²) >= 11 is 6.09. The molecule has 0 heterocycles. The van der Waals surface area contributed by atoms with Crippen LogP contribution in [0.4, 0.5) is 13.2 Å². The Morgan fingerprint density at radius 2 is 1.77 bits per heavy atom. The summed E-state index contributed by atoms with van der Waals surface area (Å²) in [5.41, 5.74) is -0.154. The smallest absolute Gasteiger partial charge is 0.420 e. The summed E-state index contributed by atoms with van der Waals surface area (Å²) in [6.45, 7) is 4.00. The molecule has 0 bridgehead atoms. The van der Waals surface area contributed by atoms with Crippen LogP contribution in [0, 0.1) is 0 Å². The van der Waals surface area contributed by atoms with Crippen molar-refractivity contribution in [2.45, 2.75) is 25.9 Å². The van der Waals surface area contributed by atoms with Crippen LogP contribution in [0.25, 0.3) is 0 Å². The number of ether oxygens (including phenoxy) is 1. The van der Waals surface area contributed by atoms with Gasteiger partial charge in [0.05, 0.1) is 5.02 Å². The van der Waals surface area contributed by atoms with E-state index in [1.807, 2.05) is 13.8 Å². The third kappa shape index (κ3) is 3.65. The van der Waals surface area contributed by atoms with Gasteiger partial charge < -0.3 is 9.84 Å². The first-order valence-electron chi connectivity index (χ1n) is 6.56. The first kappa shape index (κ1) is 16.5. The van der Waals surface area contributed by atoms with Crippen molar-refractivity contribution in [2.24, 2.45) is 0 Å². The molecule has 0 fully saturated rings. The lowest BCUT2D eigenvalue weighted by Crippen LogP contribution is -2.05. The molecular formula is C16H14ClF3O2. The van der Waals surface area contributed by atoms with Gasteiger partial charge in [-0.05, 0) is 41.8 Å². The Labute approximate surface area is 131 Å². The van der Waals surface area contributed by atoms with Crippen LogP contribution in [-0.4, -0.2) is 5.11 Å². The Hall–Kier alpha value is -1.88. The van der Waals surface area contributed by atoms with E-state index in [9.17, 15) is 18.3 Å². The Bertz CT molecular complexity index is 682. The average Bonchev–Trinajstić information content (AvgIpc) is 2.41. The Morgan fingerprint density at radius 3 is 2.32 bits per heavy atom. The van der Waals surface area contributed by atoms with Crippen LogP contribution in [0.2, 0.25) is 5.02 Å². The zero-order valence-electron chi connectivity index (χ0n) is 11.9. The number of alkyl halides is 3. The van der Waals surface area contributed by atoms with Gasteiger partial charge in [0.15, 0.2) is 0 Å². The van der Waals surface area contributed by atoms with E-state index in [0.29, 0.717) is 5.02 Å². The molecule has 2 aromatic carbocycles. The molecule has 0 amide bonds. The summed E-state index contributed by atoms with van der Waals surface area (Å²) in [4.78, 5) is 0. The van der Waals surface area contributed by atoms with Gasteiger partial charge in [0.25, 0.3) is 0 Å². The monoisotopic (exact) mass is 330 g/mol. The van der Waals surface area contributed by atoms with Crippen molar-refractivity contribution in [1.29, 1.82) is 0 Å². The van der Waals surface area contributed by atoms with E-state index in [0.717, 1.165) is 17.7 Å². The summed E-state index contributed by atoms with van der Waals surface area (Å²) in [7, 11) is 0. The van der Waals surface area contributed by atoms with Crippen LogP contribution < -0.4 is 4.74 Å². The summed E-state index contributed by atoms with van der Waals surface area (Å²) in [6, 6.07) is 8.05. The molecule has 0 aromatic heterocycles. The van der Waals surface area contributed by atoms with Gasteiger partial charge in [0, 0.05) is 0 Å². The second kappa shape index (κ2) is 6.08. The van der Waals surface area contributed by atoms with Crippen LogP contribution >= 0.6 is 11.6 Å². The van der Waals surface area contributed by atoms with E-state index in [1.54, 1.807) is 18.2 Å². The molecule has 22 heavy (non-hydrogen) atoms. The first-order valence-corrected chi connectivity index (χ1v) is 6.94. The predicted octanol–water partition coefficient (Wildman–Crippen LogP) is 5.98. The molecule has 0 aliphatic carbocycles. The molecule has 0 aliphatic rings. The van der Waals surface area contributed by atoms with Crippen LogP contribution in [-0.2, 0) is 6.18 Å². The number of hydrogen-bond donors (Lipinski definition) is 1. The molecular weight excluding hydrogens is 317 g/mol. The van der Waals surface area contributed by atoms with E-state index >= 15 is 0 Å². The van der Waals surface area contributed by atoms with E-state index in [-0.39, 0.29) is 17.4 Å². The van der Waals surface area contributed by atoms with Crippen molar-refractivity contribution in [3.05, 3.63) is 52.5 Å². The normalized spacial score (nSPS) is 11.8. The minimum Gasteiger partial charge on any atom is -0.507 e. The third-order valence-electron chi connectivity index (χ3n) is 3.12. The fourth-order valence-corrected chi connectivity index (χ4v) is 2.12. The minimum absolute atomic E-state index is 0.0516. The fraction of sp³-hybridized carbons (Fsp3) is 0.250. The predicted molar refractivity (Wildman–Crippen MR) is 78.7 cm³/mol. The van der Waals surface area contributed by atoms with Gasteiger partial charge in [-0.25, -0.2) is 0 Å². The Morgan fingerprint density at radius 1 is 1.09 bits per heavy atom. The maximum absolute atomic E-state index is 12.7. The van der Waals surface area contributed by atoms with Crippen molar-refractivity contribution >= 4 is 11.6 Å². The number of aromatic hydroxyl groups is 1. The van der Waals surface area contributed by atoms with E-state index in [1.165, 1.54) is 6.07 Å². The number of hydrogen-bond acceptors (Lipinski definition) is 2. The molecule has 0 saturated heterocycles. The molecule has 2 rings (SSSR count). The van der Waals surface area contributed by atoms with Crippen molar-refractivity contribution in [3.8, 4) is 17.2 Å². The van der Waals surface area contributed by atoms with Crippen LogP contribution in [0.1, 0.15) is 30.9 Å². The number of halogens is 4. The molecule has 0 unspecified atom stereocenters. The molecule has 6 heteroatoms. The topological polar surface area (TPSA) is 29.5 Å². The van der Waals surface area contributed by atoms with Gasteiger partial charge in [-0.1, -0.05) is 31.5 Å². The lowest BCUT2D eigenvalue weighted by Gasteiger charge is -2.13. The fourth-order valence-electron chi connectivity index (χ4n) is 1.89. The summed E-state index contributed by atoms with van der Waals surface area (Å²) in [5.74, 6) is -0.368. The quantitative estimate of drug-likeness (QED) is 0.750. The third-order valence-corrected chi connectivity index (χ3v) is 3.42. The second-order valence-corrected chi connectivity index (χ2v) is 5.53. The average molecular weight is 331 g/mol. The van der Waals surface area contributed by atoms with E-state index in [4.69, 9.17) is 16.3 Å². The number of benzene rings is 2. The van der Waals surface area contributed by atoms with E-state index in [2.05, 4.69) is 0 Å². The highest BCUT2D eigenvalue weighted by atomic mass is 35.5. The van der Waals surface area contributed by atoms with Crippen LogP contribution in [0.3, 0.4) is 0 Å². The van der Waals surface area contributed by atoms with Crippen LogP contribution in [0.15, 0.2) is 36.4 Å². The molecule has 2 nitrogen and oxygen atoms in total. The first-order chi connectivity index (χ1) is 10.2. The highest BCUT2D eigenvalue weighted by molar-refractivity contribution is 6.32. The van der Waals surface area contributed by atoms with Crippen molar-refractivity contribution in [3.63, 3.8) is 0 Å². The van der Waals surface area contributed by atoms with E-state index < -0.39 is 17.5 Å². The van der Waals surface area contributed by atoms with Crippen molar-refractivity contribution in [1.82, 2.24) is 0 Å². The summed E-state index contributed by atoms with van der Waals surface area (Å²) in [5, 5.41) is 9.60. The van der Waals surface area contributed by atoms with Gasteiger partial charge in [0.2, 0.25) is 0 Å². The Balaban J connectivity index is 2.32. The maximum atomic E-state index is 12.7. The lowest BCUT2D eigenvalue weighted by atomic mass is 10.0. The van der Waals surface area contributed by atoms with Gasteiger partial charge in [-0.15, -0.1) is 0 Å². The Kier molecular flexibility index (Phi) is 4.56. The standard InChI is InChI=1S/C16H14ClF3O2/c1-9(2)10-3-6-15(13(17)7-10)22-11-4-5-14(21)12(8-11)16(18,19)20/h3-9,21H,1-2H3. The largest absolute Gasteiger partial charge is 0.507 e. The number of phenolic OH excluding ortho intramolecular Hbond substituents is 1. The molecule has 0 spiro atoms. The van der Waals surface area contributed by atoms with Gasteiger partial charge in [-0.2, -0.15) is 13.2 Å². The highest BCUT2D eigenvalue weighted by Gasteiger charge is 2.34. The molecule has 118 valence electrons. The SMILES string of the molecule is CC(C)c1ccc(Oc2ccc(O)c(C(F)(F)F)c2)c(Cl)c1. The maximum Gasteiger partial charge on any atom is 0.420 e. The molecule has 2 aromatic rings. The number of phenols is 1. The molecule has 0 saturated carbocycles. The lowest BCUT2D eigenvalue weighted by molar-refractivity contribution is -0.138. The van der Waals surface area contributed by atoms with Gasteiger partial charge >= 0.3 is 6.18 Å². The van der Waals surface area contributed by atoms with Crippen LogP contribution in [0.5, 0.6) is 17.2 Å². The molecule has 0 aliphatic heterocycles. The minimum atomic E-state index is -4.66.